The maximum Gasteiger partial charge on any atom is 0.216 e. The number of hydrogen-bond acceptors (Lipinski definition) is 4. The van der Waals surface area contributed by atoms with E-state index in [9.17, 15) is 8.42 Å². The molecule has 1 aliphatic rings. The van der Waals surface area contributed by atoms with Gasteiger partial charge in [-0.3, -0.25) is 0 Å². The Morgan fingerprint density at radius 1 is 1.45 bits per heavy atom. The van der Waals surface area contributed by atoms with Crippen LogP contribution in [0.3, 0.4) is 0 Å². The lowest BCUT2D eigenvalue weighted by Crippen LogP contribution is -2.44. The van der Waals surface area contributed by atoms with Crippen molar-refractivity contribution in [2.75, 3.05) is 20.2 Å². The lowest BCUT2D eigenvalue weighted by Gasteiger charge is -2.33. The van der Waals surface area contributed by atoms with Crippen LogP contribution in [0.4, 0.5) is 0 Å². The predicted molar refractivity (Wildman–Crippen MR) is 86.0 cm³/mol. The molecular formula is C15H27N3O3S. The van der Waals surface area contributed by atoms with Gasteiger partial charge in [-0.1, -0.05) is 0 Å². The summed E-state index contributed by atoms with van der Waals surface area (Å²) in [6.07, 6.45) is 3.82. The summed E-state index contributed by atoms with van der Waals surface area (Å²) in [7, 11) is -1.50. The molecule has 22 heavy (non-hydrogen) atoms. The van der Waals surface area contributed by atoms with E-state index in [0.29, 0.717) is 25.6 Å². The number of nitrogens with zero attached hydrogens (tertiary/aromatic N) is 3. The van der Waals surface area contributed by atoms with Crippen molar-refractivity contribution in [1.29, 1.82) is 0 Å². The first kappa shape index (κ1) is 17.4. The summed E-state index contributed by atoms with van der Waals surface area (Å²) in [5.41, 5.74) is 1.09. The van der Waals surface area contributed by atoms with Crippen LogP contribution in [0.1, 0.15) is 38.2 Å². The van der Waals surface area contributed by atoms with Crippen molar-refractivity contribution >= 4 is 10.0 Å². The van der Waals surface area contributed by atoms with Crippen molar-refractivity contribution in [2.24, 2.45) is 5.92 Å². The van der Waals surface area contributed by atoms with Gasteiger partial charge in [0.15, 0.2) is 0 Å². The smallest absolute Gasteiger partial charge is 0.216 e. The van der Waals surface area contributed by atoms with Crippen molar-refractivity contribution in [3.05, 3.63) is 17.7 Å². The van der Waals surface area contributed by atoms with Crippen LogP contribution in [0.15, 0.2) is 6.20 Å². The normalized spacial score (nSPS) is 20.7. The first-order chi connectivity index (χ1) is 10.4. The molecule has 1 aliphatic heterocycles. The third kappa shape index (κ3) is 3.70. The summed E-state index contributed by atoms with van der Waals surface area (Å²) in [6, 6.07) is 0. The fourth-order valence-corrected chi connectivity index (χ4v) is 4.37. The summed E-state index contributed by atoms with van der Waals surface area (Å²) >= 11 is 0. The van der Waals surface area contributed by atoms with E-state index in [0.717, 1.165) is 30.9 Å². The summed E-state index contributed by atoms with van der Waals surface area (Å²) in [5.74, 6) is 1.23. The van der Waals surface area contributed by atoms with E-state index < -0.39 is 10.0 Å². The van der Waals surface area contributed by atoms with Gasteiger partial charge in [0.05, 0.1) is 5.25 Å². The zero-order chi connectivity index (χ0) is 16.3. The minimum atomic E-state index is -3.16. The fourth-order valence-electron chi connectivity index (χ4n) is 2.97. The molecule has 126 valence electrons. The van der Waals surface area contributed by atoms with Gasteiger partial charge in [-0.25, -0.2) is 17.7 Å². The number of aryl methyl sites for hydroxylation is 1. The van der Waals surface area contributed by atoms with Crippen LogP contribution >= 0.6 is 0 Å². The zero-order valence-corrected chi connectivity index (χ0v) is 14.8. The Kier molecular flexibility index (Phi) is 5.63. The lowest BCUT2D eigenvalue weighted by atomic mass is 9.99. The molecule has 2 rings (SSSR count). The van der Waals surface area contributed by atoms with Crippen LogP contribution in [-0.4, -0.2) is 47.7 Å². The number of piperidine rings is 1. The van der Waals surface area contributed by atoms with Crippen LogP contribution in [0.25, 0.3) is 0 Å². The minimum Gasteiger partial charge on any atom is -0.377 e. The molecule has 1 aromatic heterocycles. The SMILES string of the molecule is COCc1ncc(C)n1CC1CCCN(S(=O)(=O)C(C)C)C1. The molecule has 0 radical (unpaired) electrons. The number of aromatic nitrogens is 2. The van der Waals surface area contributed by atoms with Gasteiger partial charge >= 0.3 is 0 Å². The highest BCUT2D eigenvalue weighted by atomic mass is 32.2. The van der Waals surface area contributed by atoms with Gasteiger partial charge in [0, 0.05) is 38.6 Å². The molecule has 1 atom stereocenters. The molecule has 2 heterocycles. The first-order valence-corrected chi connectivity index (χ1v) is 9.35. The van der Waals surface area contributed by atoms with E-state index in [1.807, 2.05) is 13.1 Å². The standard InChI is InChI=1S/C15H27N3O3S/c1-12(2)22(19,20)17-7-5-6-14(9-17)10-18-13(3)8-16-15(18)11-21-4/h8,12,14H,5-7,9-11H2,1-4H3. The quantitative estimate of drug-likeness (QED) is 0.798. The van der Waals surface area contributed by atoms with Crippen molar-refractivity contribution in [1.82, 2.24) is 13.9 Å². The Bertz CT molecular complexity index is 595. The van der Waals surface area contributed by atoms with E-state index in [-0.39, 0.29) is 5.25 Å². The summed E-state index contributed by atoms with van der Waals surface area (Å²) in [5, 5.41) is -0.356. The number of imidazole rings is 1. The second kappa shape index (κ2) is 7.10. The van der Waals surface area contributed by atoms with Gasteiger partial charge < -0.3 is 9.30 Å². The second-order valence-corrected chi connectivity index (χ2v) is 8.81. The minimum absolute atomic E-state index is 0.325. The molecule has 1 saturated heterocycles. The Balaban J connectivity index is 2.10. The number of methoxy groups -OCH3 is 1. The molecule has 1 unspecified atom stereocenters. The van der Waals surface area contributed by atoms with E-state index >= 15 is 0 Å². The molecule has 0 saturated carbocycles. The average molecular weight is 329 g/mol. The highest BCUT2D eigenvalue weighted by molar-refractivity contribution is 7.89. The number of hydrogen-bond donors (Lipinski definition) is 0. The van der Waals surface area contributed by atoms with Crippen molar-refractivity contribution in [2.45, 2.75) is 52.0 Å². The van der Waals surface area contributed by atoms with Crippen molar-refractivity contribution in [3.8, 4) is 0 Å². The molecule has 0 aliphatic carbocycles. The Morgan fingerprint density at radius 2 is 2.18 bits per heavy atom. The molecular weight excluding hydrogens is 302 g/mol. The third-order valence-corrected chi connectivity index (χ3v) is 6.53. The monoisotopic (exact) mass is 329 g/mol. The van der Waals surface area contributed by atoms with Gasteiger partial charge in [0.1, 0.15) is 12.4 Å². The molecule has 1 fully saturated rings. The van der Waals surface area contributed by atoms with Gasteiger partial charge in [0.2, 0.25) is 10.0 Å². The summed E-state index contributed by atoms with van der Waals surface area (Å²) in [6.45, 7) is 8.04. The summed E-state index contributed by atoms with van der Waals surface area (Å²) < 4.78 is 33.7. The highest BCUT2D eigenvalue weighted by Gasteiger charge is 2.31. The summed E-state index contributed by atoms with van der Waals surface area (Å²) in [4.78, 5) is 4.37. The van der Waals surface area contributed by atoms with Gasteiger partial charge in [-0.05, 0) is 39.5 Å². The fraction of sp³-hybridized carbons (Fsp3) is 0.800. The first-order valence-electron chi connectivity index (χ1n) is 7.85. The Hall–Kier alpha value is -0.920. The topological polar surface area (TPSA) is 64.4 Å². The van der Waals surface area contributed by atoms with E-state index in [2.05, 4.69) is 9.55 Å². The number of ether oxygens (including phenoxy) is 1. The van der Waals surface area contributed by atoms with Crippen LogP contribution in [0.2, 0.25) is 0 Å². The average Bonchev–Trinajstić information content (AvgIpc) is 2.81. The van der Waals surface area contributed by atoms with E-state index in [1.54, 1.807) is 25.3 Å². The van der Waals surface area contributed by atoms with Crippen LogP contribution in [0.5, 0.6) is 0 Å². The second-order valence-electron chi connectivity index (χ2n) is 6.32. The third-order valence-electron chi connectivity index (χ3n) is 4.29. The molecule has 0 N–H and O–H groups in total. The molecule has 0 spiro atoms. The molecule has 0 bridgehead atoms. The Morgan fingerprint density at radius 3 is 2.82 bits per heavy atom. The molecule has 0 amide bonds. The van der Waals surface area contributed by atoms with Crippen LogP contribution < -0.4 is 0 Å². The van der Waals surface area contributed by atoms with Crippen molar-refractivity contribution < 1.29 is 13.2 Å². The Labute approximate surface area is 133 Å². The number of rotatable bonds is 6. The maximum absolute atomic E-state index is 12.4. The van der Waals surface area contributed by atoms with Crippen molar-refractivity contribution in [3.63, 3.8) is 0 Å². The molecule has 0 aromatic carbocycles. The lowest BCUT2D eigenvalue weighted by molar-refractivity contribution is 0.169. The highest BCUT2D eigenvalue weighted by Crippen LogP contribution is 2.23. The molecule has 1 aromatic rings. The number of sulfonamides is 1. The zero-order valence-electron chi connectivity index (χ0n) is 13.9. The van der Waals surface area contributed by atoms with Gasteiger partial charge in [-0.2, -0.15) is 0 Å². The van der Waals surface area contributed by atoms with Crippen LogP contribution in [0, 0.1) is 12.8 Å². The predicted octanol–water partition coefficient (Wildman–Crippen LogP) is 1.79. The van der Waals surface area contributed by atoms with E-state index in [1.165, 1.54) is 0 Å². The maximum atomic E-state index is 12.4. The van der Waals surface area contributed by atoms with E-state index in [4.69, 9.17) is 4.74 Å². The molecule has 7 heteroatoms. The van der Waals surface area contributed by atoms with Gasteiger partial charge in [-0.15, -0.1) is 0 Å². The molecule has 6 nitrogen and oxygen atoms in total. The largest absolute Gasteiger partial charge is 0.377 e. The van der Waals surface area contributed by atoms with Gasteiger partial charge in [0.25, 0.3) is 0 Å². The van der Waals surface area contributed by atoms with Crippen LogP contribution in [-0.2, 0) is 27.9 Å².